The monoisotopic (exact) mass is 230 g/mol. The smallest absolute Gasteiger partial charge is 0.390 e. The number of aliphatic hydroxyl groups excluding tert-OH is 2. The Morgan fingerprint density at radius 1 is 1.07 bits per heavy atom. The second-order valence-corrected chi connectivity index (χ2v) is 4.42. The summed E-state index contributed by atoms with van der Waals surface area (Å²) in [6.45, 7) is 2.99. The van der Waals surface area contributed by atoms with Crippen LogP contribution in [0.3, 0.4) is 0 Å². The number of likely N-dealkylation sites (N-methyl/N-ethyl adjacent to an activating group) is 1. The molecule has 0 amide bonds. The van der Waals surface area contributed by atoms with Crippen LogP contribution in [0.4, 0.5) is 0 Å². The van der Waals surface area contributed by atoms with Crippen LogP contribution >= 0.6 is 0 Å². The summed E-state index contributed by atoms with van der Waals surface area (Å²) in [6, 6.07) is 0. The zero-order valence-electron chi connectivity index (χ0n) is 8.84. The van der Waals surface area contributed by atoms with Crippen LogP contribution in [0.2, 0.25) is 0 Å². The average molecular weight is 230 g/mol. The molecule has 7 heteroatoms. The van der Waals surface area contributed by atoms with Gasteiger partial charge in [0.25, 0.3) is 0 Å². The Balaban J connectivity index is 0. The summed E-state index contributed by atoms with van der Waals surface area (Å²) in [5.74, 6) is 0. The molecule has 0 fully saturated rings. The van der Waals surface area contributed by atoms with Gasteiger partial charge in [-0.1, -0.05) is 13.8 Å². The van der Waals surface area contributed by atoms with Gasteiger partial charge >= 0.3 is 10.3 Å². The van der Waals surface area contributed by atoms with E-state index in [2.05, 4.69) is 0 Å². The molecule has 0 aliphatic carbocycles. The number of hydrogen-bond acceptors (Lipinski definition) is 4. The van der Waals surface area contributed by atoms with E-state index in [0.29, 0.717) is 0 Å². The third-order valence-corrected chi connectivity index (χ3v) is 3.18. The van der Waals surface area contributed by atoms with Crippen LogP contribution in [0.15, 0.2) is 0 Å². The lowest BCUT2D eigenvalue weighted by atomic mass is 10.5. The molecule has 0 saturated carbocycles. The average Bonchev–Trinajstić information content (AvgIpc) is 2.07. The standard InChI is InChI=1S/C5H13NO5S.C2H6/c1-6(2-4-7,3-5-8)12(9,10)11;1-2/h7-8H,2-5H2,1H3;1-2H3/p+1. The van der Waals surface area contributed by atoms with Crippen molar-refractivity contribution >= 4 is 10.3 Å². The first kappa shape index (κ1) is 16.2. The van der Waals surface area contributed by atoms with Gasteiger partial charge < -0.3 is 10.2 Å². The molecule has 0 aromatic rings. The quantitative estimate of drug-likeness (QED) is 0.426. The molecule has 0 unspecified atom stereocenters. The summed E-state index contributed by atoms with van der Waals surface area (Å²) in [5, 5.41) is 17.0. The fourth-order valence-electron chi connectivity index (χ4n) is 0.766. The molecular formula is C7H20NO5S+. The summed E-state index contributed by atoms with van der Waals surface area (Å²) in [4.78, 5) is 0. The van der Waals surface area contributed by atoms with Gasteiger partial charge in [-0.25, -0.2) is 4.55 Å². The summed E-state index contributed by atoms with van der Waals surface area (Å²) in [6.07, 6.45) is 0. The van der Waals surface area contributed by atoms with Gasteiger partial charge in [-0.3, -0.25) is 0 Å². The Morgan fingerprint density at radius 2 is 1.36 bits per heavy atom. The fourth-order valence-corrected chi connectivity index (χ4v) is 1.39. The van der Waals surface area contributed by atoms with E-state index in [0.717, 1.165) is 0 Å². The molecule has 0 aromatic carbocycles. The summed E-state index contributed by atoms with van der Waals surface area (Å²) in [5.41, 5.74) is 0. The Labute approximate surface area is 85.3 Å². The first-order valence-electron chi connectivity index (χ1n) is 4.41. The van der Waals surface area contributed by atoms with E-state index in [9.17, 15) is 8.42 Å². The van der Waals surface area contributed by atoms with Crippen LogP contribution in [-0.2, 0) is 10.3 Å². The Hall–Kier alpha value is -0.210. The van der Waals surface area contributed by atoms with Crippen molar-refractivity contribution in [3.8, 4) is 0 Å². The normalized spacial score (nSPS) is 11.9. The molecule has 0 aromatic heterocycles. The van der Waals surface area contributed by atoms with Gasteiger partial charge in [0.1, 0.15) is 13.1 Å². The zero-order chi connectivity index (χ0) is 11.8. The minimum Gasteiger partial charge on any atom is -0.390 e. The van der Waals surface area contributed by atoms with Gasteiger partial charge in [0.2, 0.25) is 0 Å². The van der Waals surface area contributed by atoms with Crippen molar-refractivity contribution in [1.29, 1.82) is 0 Å². The minimum absolute atomic E-state index is 0.139. The SMILES string of the molecule is CC.C[N+](CCO)(CCO)S(=O)(=O)O. The third kappa shape index (κ3) is 4.87. The largest absolute Gasteiger partial charge is 0.432 e. The molecule has 88 valence electrons. The minimum atomic E-state index is -4.27. The lowest BCUT2D eigenvalue weighted by molar-refractivity contribution is -0.790. The van der Waals surface area contributed by atoms with Crippen LogP contribution in [0.1, 0.15) is 13.8 Å². The number of rotatable bonds is 5. The first-order chi connectivity index (χ1) is 6.37. The molecule has 0 saturated heterocycles. The molecule has 14 heavy (non-hydrogen) atoms. The molecule has 0 spiro atoms. The van der Waals surface area contributed by atoms with E-state index < -0.39 is 14.2 Å². The second-order valence-electron chi connectivity index (χ2n) is 2.64. The van der Waals surface area contributed by atoms with Gasteiger partial charge in [0.05, 0.1) is 20.3 Å². The molecule has 0 heterocycles. The van der Waals surface area contributed by atoms with Crippen molar-refractivity contribution in [2.75, 3.05) is 33.4 Å². The maximum atomic E-state index is 10.7. The maximum Gasteiger partial charge on any atom is 0.432 e. The summed E-state index contributed by atoms with van der Waals surface area (Å²) < 4.78 is 29.4. The van der Waals surface area contributed by atoms with E-state index in [1.54, 1.807) is 0 Å². The van der Waals surface area contributed by atoms with E-state index in [-0.39, 0.29) is 26.3 Å². The molecule has 0 radical (unpaired) electrons. The topological polar surface area (TPSA) is 94.8 Å². The molecule has 6 nitrogen and oxygen atoms in total. The van der Waals surface area contributed by atoms with Gasteiger partial charge in [-0.2, -0.15) is 3.89 Å². The summed E-state index contributed by atoms with van der Waals surface area (Å²) in [7, 11) is -3.05. The van der Waals surface area contributed by atoms with Gasteiger partial charge in [0.15, 0.2) is 0 Å². The second kappa shape index (κ2) is 7.13. The van der Waals surface area contributed by atoms with E-state index in [1.165, 1.54) is 7.05 Å². The first-order valence-corrected chi connectivity index (χ1v) is 5.81. The van der Waals surface area contributed by atoms with Crippen molar-refractivity contribution in [2.24, 2.45) is 0 Å². The molecular weight excluding hydrogens is 210 g/mol. The molecule has 3 N–H and O–H groups in total. The van der Waals surface area contributed by atoms with Crippen molar-refractivity contribution in [3.63, 3.8) is 0 Å². The molecule has 0 aliphatic heterocycles. The van der Waals surface area contributed by atoms with Crippen LogP contribution in [0.25, 0.3) is 0 Å². The highest BCUT2D eigenvalue weighted by atomic mass is 32.2. The van der Waals surface area contributed by atoms with Gasteiger partial charge in [0, 0.05) is 0 Å². The molecule has 0 atom stereocenters. The molecule has 0 bridgehead atoms. The Bertz CT molecular complexity index is 220. The van der Waals surface area contributed by atoms with E-state index in [4.69, 9.17) is 14.8 Å². The maximum absolute atomic E-state index is 10.7. The molecule has 0 aliphatic rings. The predicted octanol–water partition coefficient (Wildman–Crippen LogP) is -0.753. The fraction of sp³-hybridized carbons (Fsp3) is 1.00. The summed E-state index contributed by atoms with van der Waals surface area (Å²) >= 11 is 0. The van der Waals surface area contributed by atoms with Crippen LogP contribution in [0.5, 0.6) is 0 Å². The predicted molar refractivity (Wildman–Crippen MR) is 53.0 cm³/mol. The number of quaternary nitrogens is 1. The van der Waals surface area contributed by atoms with Crippen LogP contribution in [-0.4, -0.2) is 60.4 Å². The van der Waals surface area contributed by atoms with Crippen LogP contribution < -0.4 is 0 Å². The Morgan fingerprint density at radius 3 is 1.50 bits per heavy atom. The highest BCUT2D eigenvalue weighted by Gasteiger charge is 2.34. The van der Waals surface area contributed by atoms with Gasteiger partial charge in [-0.05, 0) is 0 Å². The highest BCUT2D eigenvalue weighted by molar-refractivity contribution is 7.80. The van der Waals surface area contributed by atoms with Crippen molar-refractivity contribution in [2.45, 2.75) is 13.8 Å². The van der Waals surface area contributed by atoms with E-state index in [1.807, 2.05) is 13.8 Å². The lowest BCUT2D eigenvalue weighted by Gasteiger charge is -2.27. The molecule has 0 rings (SSSR count). The lowest BCUT2D eigenvalue weighted by Crippen LogP contribution is -2.52. The zero-order valence-corrected chi connectivity index (χ0v) is 9.66. The van der Waals surface area contributed by atoms with Crippen molar-refractivity contribution < 1.29 is 27.1 Å². The van der Waals surface area contributed by atoms with E-state index >= 15 is 0 Å². The number of hydrogen-bond donors (Lipinski definition) is 3. The van der Waals surface area contributed by atoms with Crippen molar-refractivity contribution in [1.82, 2.24) is 0 Å². The van der Waals surface area contributed by atoms with Gasteiger partial charge in [-0.15, -0.1) is 8.42 Å². The highest BCUT2D eigenvalue weighted by Crippen LogP contribution is 2.07. The van der Waals surface area contributed by atoms with Crippen LogP contribution in [0, 0.1) is 0 Å². The Kier molecular flexibility index (Phi) is 8.27. The number of nitrogens with zero attached hydrogens (tertiary/aromatic N) is 1. The van der Waals surface area contributed by atoms with Crippen molar-refractivity contribution in [3.05, 3.63) is 0 Å². The number of aliphatic hydroxyl groups is 2. The third-order valence-electron chi connectivity index (χ3n) is 1.70.